The number of nitrogens with zero attached hydrogens (tertiary/aromatic N) is 2. The van der Waals surface area contributed by atoms with Crippen LogP contribution >= 0.6 is 0 Å². The quantitative estimate of drug-likeness (QED) is 0.640. The van der Waals surface area contributed by atoms with Gasteiger partial charge in [0, 0.05) is 13.7 Å². The van der Waals surface area contributed by atoms with Crippen molar-refractivity contribution in [3.05, 3.63) is 0 Å². The van der Waals surface area contributed by atoms with Gasteiger partial charge in [-0.1, -0.05) is 0 Å². The highest BCUT2D eigenvalue weighted by molar-refractivity contribution is 5.77. The van der Waals surface area contributed by atoms with E-state index in [0.29, 0.717) is 13.0 Å². The molecule has 72 valence electrons. The summed E-state index contributed by atoms with van der Waals surface area (Å²) >= 11 is 0. The van der Waals surface area contributed by atoms with Crippen LogP contribution in [0.4, 0.5) is 0 Å². The smallest absolute Gasteiger partial charge is 0.225 e. The van der Waals surface area contributed by atoms with E-state index < -0.39 is 0 Å². The van der Waals surface area contributed by atoms with E-state index in [9.17, 15) is 4.79 Å². The highest BCUT2D eigenvalue weighted by atomic mass is 16.5. The largest absolute Gasteiger partial charge is 0.384 e. The van der Waals surface area contributed by atoms with Gasteiger partial charge in [-0.25, -0.2) is 0 Å². The number of likely N-dealkylation sites (tertiary alicyclic amines) is 1. The Hall–Kier alpha value is -1.08. The van der Waals surface area contributed by atoms with Gasteiger partial charge in [0.1, 0.15) is 6.04 Å². The molecule has 1 aliphatic heterocycles. The van der Waals surface area contributed by atoms with Crippen LogP contribution in [-0.2, 0) is 9.53 Å². The van der Waals surface area contributed by atoms with Crippen LogP contribution in [-0.4, -0.2) is 37.1 Å². The maximum atomic E-state index is 11.5. The molecule has 0 radical (unpaired) electrons. The van der Waals surface area contributed by atoms with Crippen molar-refractivity contribution in [2.75, 3.05) is 20.3 Å². The number of amides is 1. The number of carbonyl (C=O) groups excluding carboxylic acids is 1. The van der Waals surface area contributed by atoms with E-state index in [1.54, 1.807) is 12.0 Å². The summed E-state index contributed by atoms with van der Waals surface area (Å²) < 4.78 is 4.81. The molecule has 1 amide bonds. The monoisotopic (exact) mass is 182 g/mol. The first-order chi connectivity index (χ1) is 6.29. The predicted molar refractivity (Wildman–Crippen MR) is 46.8 cm³/mol. The first-order valence-electron chi connectivity index (χ1n) is 4.47. The summed E-state index contributed by atoms with van der Waals surface area (Å²) in [7, 11) is 1.57. The second-order valence-corrected chi connectivity index (χ2v) is 3.12. The standard InChI is InChI=1S/C9H14N2O2/c1-13-6-4-9(12)11-5-2-3-8(11)7-10/h8H,2-6H2,1H3. The molecule has 1 saturated heterocycles. The van der Waals surface area contributed by atoms with Crippen molar-refractivity contribution in [1.29, 1.82) is 5.26 Å². The minimum Gasteiger partial charge on any atom is -0.384 e. The van der Waals surface area contributed by atoms with Crippen LogP contribution in [0.25, 0.3) is 0 Å². The van der Waals surface area contributed by atoms with E-state index in [0.717, 1.165) is 19.4 Å². The summed E-state index contributed by atoms with van der Waals surface area (Å²) in [5.74, 6) is 0.0332. The molecule has 0 aromatic carbocycles. The molecule has 0 bridgehead atoms. The van der Waals surface area contributed by atoms with Crippen LogP contribution in [0.1, 0.15) is 19.3 Å². The molecule has 0 aromatic rings. The van der Waals surface area contributed by atoms with Gasteiger partial charge in [0.2, 0.25) is 5.91 Å². The molecule has 1 aliphatic rings. The summed E-state index contributed by atoms with van der Waals surface area (Å²) in [6, 6.07) is 1.93. The van der Waals surface area contributed by atoms with Gasteiger partial charge in [-0.05, 0) is 12.8 Å². The number of hydrogen-bond donors (Lipinski definition) is 0. The fourth-order valence-corrected chi connectivity index (χ4v) is 1.53. The zero-order valence-electron chi connectivity index (χ0n) is 7.82. The van der Waals surface area contributed by atoms with Gasteiger partial charge >= 0.3 is 0 Å². The number of rotatable bonds is 3. The van der Waals surface area contributed by atoms with Gasteiger partial charge in [0.15, 0.2) is 0 Å². The van der Waals surface area contributed by atoms with Crippen molar-refractivity contribution < 1.29 is 9.53 Å². The molecule has 1 unspecified atom stereocenters. The lowest BCUT2D eigenvalue weighted by Crippen LogP contribution is -2.35. The molecule has 13 heavy (non-hydrogen) atoms. The first kappa shape index (κ1) is 10.0. The van der Waals surface area contributed by atoms with E-state index in [1.165, 1.54) is 0 Å². The molecule has 1 rings (SSSR count). The lowest BCUT2D eigenvalue weighted by atomic mass is 10.2. The van der Waals surface area contributed by atoms with Crippen LogP contribution in [0.2, 0.25) is 0 Å². The van der Waals surface area contributed by atoms with Crippen molar-refractivity contribution >= 4 is 5.91 Å². The third-order valence-corrected chi connectivity index (χ3v) is 2.24. The molecule has 1 fully saturated rings. The molecule has 0 N–H and O–H groups in total. The molecule has 0 aliphatic carbocycles. The topological polar surface area (TPSA) is 53.3 Å². The second kappa shape index (κ2) is 4.83. The Labute approximate surface area is 78.1 Å². The Balaban J connectivity index is 2.42. The van der Waals surface area contributed by atoms with Crippen LogP contribution in [0.15, 0.2) is 0 Å². The molecular formula is C9H14N2O2. The minimum absolute atomic E-state index is 0.0332. The van der Waals surface area contributed by atoms with Gasteiger partial charge in [-0.2, -0.15) is 5.26 Å². The van der Waals surface area contributed by atoms with E-state index in [1.807, 2.05) is 0 Å². The van der Waals surface area contributed by atoms with Crippen molar-refractivity contribution in [2.24, 2.45) is 0 Å². The molecule has 0 aromatic heterocycles. The van der Waals surface area contributed by atoms with E-state index in [4.69, 9.17) is 10.00 Å². The Morgan fingerprint density at radius 2 is 2.54 bits per heavy atom. The second-order valence-electron chi connectivity index (χ2n) is 3.12. The SMILES string of the molecule is COCCC(=O)N1CCCC1C#N. The van der Waals surface area contributed by atoms with Crippen molar-refractivity contribution in [2.45, 2.75) is 25.3 Å². The maximum Gasteiger partial charge on any atom is 0.225 e. The van der Waals surface area contributed by atoms with Crippen molar-refractivity contribution in [3.8, 4) is 6.07 Å². The highest BCUT2D eigenvalue weighted by Gasteiger charge is 2.27. The third kappa shape index (κ3) is 2.43. The predicted octanol–water partition coefficient (Wildman–Crippen LogP) is 0.537. The minimum atomic E-state index is -0.204. The molecule has 4 nitrogen and oxygen atoms in total. The molecular weight excluding hydrogens is 168 g/mol. The number of carbonyl (C=O) groups is 1. The van der Waals surface area contributed by atoms with Gasteiger partial charge in [0.05, 0.1) is 19.1 Å². The third-order valence-electron chi connectivity index (χ3n) is 2.24. The summed E-state index contributed by atoms with van der Waals surface area (Å²) in [5, 5.41) is 8.74. The molecule has 0 spiro atoms. The Morgan fingerprint density at radius 1 is 1.77 bits per heavy atom. The lowest BCUT2D eigenvalue weighted by molar-refractivity contribution is -0.132. The number of nitriles is 1. The first-order valence-corrected chi connectivity index (χ1v) is 4.47. The van der Waals surface area contributed by atoms with Gasteiger partial charge in [-0.3, -0.25) is 4.79 Å². The normalized spacial score (nSPS) is 21.5. The zero-order chi connectivity index (χ0) is 9.68. The number of ether oxygens (including phenoxy) is 1. The van der Waals surface area contributed by atoms with Crippen LogP contribution < -0.4 is 0 Å². The molecule has 1 atom stereocenters. The van der Waals surface area contributed by atoms with Crippen LogP contribution in [0, 0.1) is 11.3 Å². The Kier molecular flexibility index (Phi) is 3.71. The summed E-state index contributed by atoms with van der Waals surface area (Å²) in [5.41, 5.74) is 0. The molecule has 4 heteroatoms. The van der Waals surface area contributed by atoms with E-state index >= 15 is 0 Å². The van der Waals surface area contributed by atoms with E-state index in [-0.39, 0.29) is 11.9 Å². The fourth-order valence-electron chi connectivity index (χ4n) is 1.53. The van der Waals surface area contributed by atoms with Crippen molar-refractivity contribution in [3.63, 3.8) is 0 Å². The summed E-state index contributed by atoms with van der Waals surface area (Å²) in [4.78, 5) is 13.1. The average Bonchev–Trinajstić information content (AvgIpc) is 2.61. The summed E-state index contributed by atoms with van der Waals surface area (Å²) in [6.07, 6.45) is 2.14. The molecule has 1 heterocycles. The summed E-state index contributed by atoms with van der Waals surface area (Å²) in [6.45, 7) is 1.16. The Bertz CT molecular complexity index is 222. The van der Waals surface area contributed by atoms with Crippen molar-refractivity contribution in [1.82, 2.24) is 4.90 Å². The number of hydrogen-bond acceptors (Lipinski definition) is 3. The zero-order valence-corrected chi connectivity index (χ0v) is 7.82. The van der Waals surface area contributed by atoms with Gasteiger partial charge in [-0.15, -0.1) is 0 Å². The fraction of sp³-hybridized carbons (Fsp3) is 0.778. The van der Waals surface area contributed by atoms with Crippen LogP contribution in [0.3, 0.4) is 0 Å². The van der Waals surface area contributed by atoms with E-state index in [2.05, 4.69) is 6.07 Å². The molecule has 0 saturated carbocycles. The van der Waals surface area contributed by atoms with Gasteiger partial charge in [0.25, 0.3) is 0 Å². The lowest BCUT2D eigenvalue weighted by Gasteiger charge is -2.18. The van der Waals surface area contributed by atoms with Crippen LogP contribution in [0.5, 0.6) is 0 Å². The maximum absolute atomic E-state index is 11.5. The Morgan fingerprint density at radius 3 is 3.15 bits per heavy atom. The van der Waals surface area contributed by atoms with Gasteiger partial charge < -0.3 is 9.64 Å². The number of methoxy groups -OCH3 is 1. The highest BCUT2D eigenvalue weighted by Crippen LogP contribution is 2.17. The average molecular weight is 182 g/mol.